The molecule has 0 bridgehead atoms. The molecule has 2 aliphatic carbocycles. The summed E-state index contributed by atoms with van der Waals surface area (Å²) in [5, 5.41) is 3.29. The number of nitrogens with two attached hydrogens (primary N) is 1. The molecule has 0 aromatic heterocycles. The first-order chi connectivity index (χ1) is 9.56. The molecule has 0 aliphatic heterocycles. The van der Waals surface area contributed by atoms with Gasteiger partial charge >= 0.3 is 0 Å². The number of amides is 1. The molecule has 0 spiro atoms. The van der Waals surface area contributed by atoms with Gasteiger partial charge in [0.1, 0.15) is 0 Å². The van der Waals surface area contributed by atoms with Crippen LogP contribution in [0.2, 0.25) is 0 Å². The van der Waals surface area contributed by atoms with Gasteiger partial charge in [-0.3, -0.25) is 4.79 Å². The van der Waals surface area contributed by atoms with E-state index in [1.54, 1.807) is 0 Å². The van der Waals surface area contributed by atoms with Crippen LogP contribution in [-0.4, -0.2) is 16.9 Å². The predicted octanol–water partition coefficient (Wildman–Crippen LogP) is 3.31. The molecular formula is C16H28N2OS. The molecule has 114 valence electrons. The zero-order valence-electron chi connectivity index (χ0n) is 12.6. The SMILES string of the molecule is CC1CCCCCC1NC(=O)C1(C(N)=S)CCCCC1. The molecular weight excluding hydrogens is 268 g/mol. The molecule has 0 saturated heterocycles. The van der Waals surface area contributed by atoms with Crippen LogP contribution in [-0.2, 0) is 4.79 Å². The summed E-state index contributed by atoms with van der Waals surface area (Å²) in [4.78, 5) is 13.2. The molecule has 2 saturated carbocycles. The standard InChI is InChI=1S/C16H28N2OS/c1-12-8-4-2-5-9-13(12)18-15(19)16(14(17)20)10-6-3-7-11-16/h12-13H,2-11H2,1H3,(H2,17,20)(H,18,19). The Labute approximate surface area is 128 Å². The molecule has 2 rings (SSSR count). The summed E-state index contributed by atoms with van der Waals surface area (Å²) < 4.78 is 0. The minimum Gasteiger partial charge on any atom is -0.392 e. The zero-order chi connectivity index (χ0) is 14.6. The van der Waals surface area contributed by atoms with Crippen molar-refractivity contribution in [2.45, 2.75) is 77.2 Å². The summed E-state index contributed by atoms with van der Waals surface area (Å²) >= 11 is 5.24. The molecule has 2 unspecified atom stereocenters. The molecule has 2 fully saturated rings. The average molecular weight is 296 g/mol. The van der Waals surface area contributed by atoms with Gasteiger partial charge in [0, 0.05) is 6.04 Å². The minimum absolute atomic E-state index is 0.100. The highest BCUT2D eigenvalue weighted by Crippen LogP contribution is 2.37. The van der Waals surface area contributed by atoms with Crippen molar-refractivity contribution in [1.82, 2.24) is 5.32 Å². The van der Waals surface area contributed by atoms with Gasteiger partial charge in [-0.25, -0.2) is 0 Å². The number of hydrogen-bond donors (Lipinski definition) is 2. The van der Waals surface area contributed by atoms with E-state index in [-0.39, 0.29) is 5.91 Å². The lowest BCUT2D eigenvalue weighted by Crippen LogP contribution is -2.53. The van der Waals surface area contributed by atoms with Gasteiger partial charge in [-0.2, -0.15) is 0 Å². The van der Waals surface area contributed by atoms with Gasteiger partial charge in [0.25, 0.3) is 0 Å². The van der Waals surface area contributed by atoms with E-state index in [2.05, 4.69) is 12.2 Å². The van der Waals surface area contributed by atoms with Crippen LogP contribution in [0.1, 0.15) is 71.1 Å². The van der Waals surface area contributed by atoms with Crippen molar-refractivity contribution in [2.24, 2.45) is 17.1 Å². The Hall–Kier alpha value is -0.640. The van der Waals surface area contributed by atoms with E-state index in [0.717, 1.165) is 32.1 Å². The molecule has 0 heterocycles. The number of carbonyl (C=O) groups is 1. The maximum Gasteiger partial charge on any atom is 0.233 e. The third kappa shape index (κ3) is 3.33. The van der Waals surface area contributed by atoms with Crippen LogP contribution >= 0.6 is 12.2 Å². The Bertz CT molecular complexity index is 363. The molecule has 20 heavy (non-hydrogen) atoms. The van der Waals surface area contributed by atoms with Crippen LogP contribution in [0, 0.1) is 11.3 Å². The number of nitrogens with one attached hydrogen (secondary N) is 1. The Morgan fingerprint density at radius 2 is 1.70 bits per heavy atom. The number of hydrogen-bond acceptors (Lipinski definition) is 2. The molecule has 3 nitrogen and oxygen atoms in total. The minimum atomic E-state index is -0.570. The van der Waals surface area contributed by atoms with Crippen LogP contribution < -0.4 is 11.1 Å². The lowest BCUT2D eigenvalue weighted by molar-refractivity contribution is -0.130. The predicted molar refractivity (Wildman–Crippen MR) is 86.5 cm³/mol. The van der Waals surface area contributed by atoms with Crippen LogP contribution in [0.25, 0.3) is 0 Å². The lowest BCUT2D eigenvalue weighted by atomic mass is 9.73. The van der Waals surface area contributed by atoms with Crippen molar-refractivity contribution in [3.63, 3.8) is 0 Å². The van der Waals surface area contributed by atoms with E-state index < -0.39 is 5.41 Å². The van der Waals surface area contributed by atoms with Gasteiger partial charge in [0.15, 0.2) is 0 Å². The Morgan fingerprint density at radius 3 is 2.35 bits per heavy atom. The van der Waals surface area contributed by atoms with Crippen molar-refractivity contribution < 1.29 is 4.79 Å². The third-order valence-electron chi connectivity index (χ3n) is 5.29. The fourth-order valence-electron chi connectivity index (χ4n) is 3.75. The molecule has 1 amide bonds. The average Bonchev–Trinajstić information content (AvgIpc) is 2.64. The van der Waals surface area contributed by atoms with Gasteiger partial charge in [-0.05, 0) is 31.6 Å². The second-order valence-corrected chi connectivity index (χ2v) is 7.14. The third-order valence-corrected chi connectivity index (χ3v) is 5.68. The van der Waals surface area contributed by atoms with E-state index in [1.165, 1.54) is 32.1 Å². The second-order valence-electron chi connectivity index (χ2n) is 6.70. The second kappa shape index (κ2) is 6.88. The van der Waals surface area contributed by atoms with Crippen molar-refractivity contribution in [1.29, 1.82) is 0 Å². The van der Waals surface area contributed by atoms with E-state index >= 15 is 0 Å². The first-order valence-corrected chi connectivity index (χ1v) is 8.58. The van der Waals surface area contributed by atoms with E-state index in [1.807, 2.05) is 0 Å². The van der Waals surface area contributed by atoms with Gasteiger partial charge in [0.2, 0.25) is 5.91 Å². The molecule has 3 N–H and O–H groups in total. The summed E-state index contributed by atoms with van der Waals surface area (Å²) in [6.45, 7) is 2.25. The first kappa shape index (κ1) is 15.7. The fourth-order valence-corrected chi connectivity index (χ4v) is 4.05. The number of rotatable bonds is 3. The zero-order valence-corrected chi connectivity index (χ0v) is 13.4. The summed E-state index contributed by atoms with van der Waals surface area (Å²) in [6.07, 6.45) is 11.1. The van der Waals surface area contributed by atoms with Crippen molar-refractivity contribution in [3.05, 3.63) is 0 Å². The van der Waals surface area contributed by atoms with Gasteiger partial charge < -0.3 is 11.1 Å². The molecule has 0 aromatic rings. The largest absolute Gasteiger partial charge is 0.392 e. The normalized spacial score (nSPS) is 30.2. The van der Waals surface area contributed by atoms with Crippen molar-refractivity contribution in [3.8, 4) is 0 Å². The molecule has 4 heteroatoms. The van der Waals surface area contributed by atoms with Gasteiger partial charge in [-0.1, -0.05) is 57.7 Å². The molecule has 0 aromatic carbocycles. The number of thiocarbonyl (C=S) groups is 1. The van der Waals surface area contributed by atoms with Crippen LogP contribution in [0.4, 0.5) is 0 Å². The Morgan fingerprint density at radius 1 is 1.10 bits per heavy atom. The van der Waals surface area contributed by atoms with E-state index in [4.69, 9.17) is 18.0 Å². The quantitative estimate of drug-likeness (QED) is 0.620. The topological polar surface area (TPSA) is 55.1 Å². The van der Waals surface area contributed by atoms with E-state index in [0.29, 0.717) is 16.9 Å². The highest BCUT2D eigenvalue weighted by molar-refractivity contribution is 7.80. The monoisotopic (exact) mass is 296 g/mol. The maximum absolute atomic E-state index is 12.8. The van der Waals surface area contributed by atoms with E-state index in [9.17, 15) is 4.79 Å². The lowest BCUT2D eigenvalue weighted by Gasteiger charge is -2.37. The maximum atomic E-state index is 12.8. The molecule has 0 radical (unpaired) electrons. The highest BCUT2D eigenvalue weighted by Gasteiger charge is 2.43. The van der Waals surface area contributed by atoms with Crippen molar-refractivity contribution >= 4 is 23.1 Å². The number of carbonyl (C=O) groups excluding carboxylic acids is 1. The molecule has 2 aliphatic rings. The van der Waals surface area contributed by atoms with Crippen LogP contribution in [0.15, 0.2) is 0 Å². The van der Waals surface area contributed by atoms with Crippen molar-refractivity contribution in [2.75, 3.05) is 0 Å². The summed E-state index contributed by atoms with van der Waals surface area (Å²) in [5.41, 5.74) is 5.37. The molecule has 2 atom stereocenters. The van der Waals surface area contributed by atoms with Gasteiger partial charge in [0.05, 0.1) is 10.4 Å². The summed E-state index contributed by atoms with van der Waals surface area (Å²) in [6, 6.07) is 0.304. The highest BCUT2D eigenvalue weighted by atomic mass is 32.1. The van der Waals surface area contributed by atoms with Crippen LogP contribution in [0.3, 0.4) is 0 Å². The smallest absolute Gasteiger partial charge is 0.233 e. The fraction of sp³-hybridized carbons (Fsp3) is 0.875. The van der Waals surface area contributed by atoms with Crippen LogP contribution in [0.5, 0.6) is 0 Å². The Kier molecular flexibility index (Phi) is 5.42. The first-order valence-electron chi connectivity index (χ1n) is 8.17. The summed E-state index contributed by atoms with van der Waals surface area (Å²) in [5.74, 6) is 0.664. The van der Waals surface area contributed by atoms with Gasteiger partial charge in [-0.15, -0.1) is 0 Å². The Balaban J connectivity index is 2.06. The summed E-state index contributed by atoms with van der Waals surface area (Å²) in [7, 11) is 0.